The van der Waals surface area contributed by atoms with Crippen molar-refractivity contribution in [3.8, 4) is 0 Å². The Morgan fingerprint density at radius 3 is 2.62 bits per heavy atom. The summed E-state index contributed by atoms with van der Waals surface area (Å²) in [6.45, 7) is 1.86. The molecule has 0 spiro atoms. The molecule has 2 rings (SSSR count). The van der Waals surface area contributed by atoms with Crippen molar-refractivity contribution >= 4 is 22.8 Å². The Morgan fingerprint density at radius 2 is 1.92 bits per heavy atom. The average molecular weight is 178 g/mol. The molecule has 2 heterocycles. The fraction of sp³-hybridized carbons (Fsp3) is 0.286. The van der Waals surface area contributed by atoms with Crippen molar-refractivity contribution in [3.63, 3.8) is 0 Å². The average Bonchev–Trinajstić information content (AvgIpc) is 2.27. The van der Waals surface area contributed by atoms with Crippen LogP contribution in [0.1, 0.15) is 5.69 Å². The summed E-state index contributed by atoms with van der Waals surface area (Å²) in [5, 5.41) is 4.17. The summed E-state index contributed by atoms with van der Waals surface area (Å²) in [5.74, 6) is 0.548. The Balaban J connectivity index is 2.97. The van der Waals surface area contributed by atoms with E-state index in [-0.39, 0.29) is 5.95 Å². The minimum atomic E-state index is 0.182. The molecule has 0 fully saturated rings. The van der Waals surface area contributed by atoms with Crippen LogP contribution in [-0.2, 0) is 7.05 Å². The van der Waals surface area contributed by atoms with E-state index >= 15 is 0 Å². The Hall–Kier alpha value is -1.85. The molecule has 0 amide bonds. The first kappa shape index (κ1) is 7.78. The molecule has 0 unspecified atom stereocenters. The number of aromatic nitrogens is 4. The fourth-order valence-corrected chi connectivity index (χ4v) is 1.38. The summed E-state index contributed by atoms with van der Waals surface area (Å²) in [4.78, 5) is 7.92. The van der Waals surface area contributed by atoms with Crippen molar-refractivity contribution in [2.75, 3.05) is 11.5 Å². The van der Waals surface area contributed by atoms with Gasteiger partial charge in [-0.05, 0) is 6.92 Å². The molecule has 68 valence electrons. The molecule has 0 aliphatic heterocycles. The molecular formula is C7H10N6. The van der Waals surface area contributed by atoms with Crippen molar-refractivity contribution in [1.82, 2.24) is 19.7 Å². The first-order chi connectivity index (χ1) is 6.09. The molecule has 0 aliphatic carbocycles. The topological polar surface area (TPSA) is 95.6 Å². The van der Waals surface area contributed by atoms with Gasteiger partial charge >= 0.3 is 0 Å². The number of nitrogens with two attached hydrogens (primary N) is 2. The largest absolute Gasteiger partial charge is 0.382 e. The second kappa shape index (κ2) is 2.32. The third-order valence-electron chi connectivity index (χ3n) is 1.89. The van der Waals surface area contributed by atoms with E-state index in [1.54, 1.807) is 11.7 Å². The summed E-state index contributed by atoms with van der Waals surface area (Å²) in [5.41, 5.74) is 13.4. The van der Waals surface area contributed by atoms with Crippen molar-refractivity contribution < 1.29 is 0 Å². The number of anilines is 2. The SMILES string of the molecule is Cc1nn(C)c2c(N)nc(N)nc12. The van der Waals surface area contributed by atoms with Crippen LogP contribution < -0.4 is 11.5 Å². The molecule has 6 heteroatoms. The predicted molar refractivity (Wildman–Crippen MR) is 49.9 cm³/mol. The Morgan fingerprint density at radius 1 is 1.23 bits per heavy atom. The number of nitrogens with zero attached hydrogens (tertiary/aromatic N) is 4. The van der Waals surface area contributed by atoms with E-state index in [2.05, 4.69) is 15.1 Å². The fourth-order valence-electron chi connectivity index (χ4n) is 1.38. The molecule has 0 saturated carbocycles. The van der Waals surface area contributed by atoms with Gasteiger partial charge in [-0.1, -0.05) is 0 Å². The summed E-state index contributed by atoms with van der Waals surface area (Å²) in [6.07, 6.45) is 0. The zero-order chi connectivity index (χ0) is 9.59. The van der Waals surface area contributed by atoms with E-state index in [1.807, 2.05) is 6.92 Å². The number of hydrogen-bond donors (Lipinski definition) is 2. The first-order valence-corrected chi connectivity index (χ1v) is 3.82. The van der Waals surface area contributed by atoms with Crippen LogP contribution in [0.15, 0.2) is 0 Å². The zero-order valence-electron chi connectivity index (χ0n) is 7.44. The minimum Gasteiger partial charge on any atom is -0.382 e. The maximum absolute atomic E-state index is 5.68. The molecule has 13 heavy (non-hydrogen) atoms. The Bertz CT molecular complexity index is 471. The van der Waals surface area contributed by atoms with Gasteiger partial charge in [0.15, 0.2) is 5.82 Å². The van der Waals surface area contributed by atoms with E-state index in [1.165, 1.54) is 0 Å². The van der Waals surface area contributed by atoms with E-state index in [9.17, 15) is 0 Å². The van der Waals surface area contributed by atoms with Gasteiger partial charge in [0.05, 0.1) is 5.69 Å². The van der Waals surface area contributed by atoms with Gasteiger partial charge in [0.2, 0.25) is 5.95 Å². The summed E-state index contributed by atoms with van der Waals surface area (Å²) >= 11 is 0. The van der Waals surface area contributed by atoms with Crippen molar-refractivity contribution in [2.24, 2.45) is 7.05 Å². The van der Waals surface area contributed by atoms with E-state index in [0.717, 1.165) is 11.2 Å². The molecule has 6 nitrogen and oxygen atoms in total. The Labute approximate surface area is 74.6 Å². The van der Waals surface area contributed by atoms with Crippen LogP contribution >= 0.6 is 0 Å². The highest BCUT2D eigenvalue weighted by molar-refractivity contribution is 5.87. The lowest BCUT2D eigenvalue weighted by Gasteiger charge is -1.98. The van der Waals surface area contributed by atoms with E-state index in [4.69, 9.17) is 11.5 Å². The summed E-state index contributed by atoms with van der Waals surface area (Å²) < 4.78 is 1.65. The normalized spacial score (nSPS) is 10.9. The molecule has 0 aliphatic rings. The van der Waals surface area contributed by atoms with Gasteiger partial charge in [0, 0.05) is 7.05 Å². The molecule has 0 atom stereocenters. The lowest BCUT2D eigenvalue weighted by atomic mass is 10.3. The molecule has 2 aromatic heterocycles. The van der Waals surface area contributed by atoms with Gasteiger partial charge in [0.25, 0.3) is 0 Å². The van der Waals surface area contributed by atoms with Crippen LogP contribution in [0.2, 0.25) is 0 Å². The molecule has 4 N–H and O–H groups in total. The molecule has 0 radical (unpaired) electrons. The van der Waals surface area contributed by atoms with Crippen LogP contribution in [0.5, 0.6) is 0 Å². The van der Waals surface area contributed by atoms with Crippen LogP contribution in [0.3, 0.4) is 0 Å². The predicted octanol–water partition coefficient (Wildman–Crippen LogP) is -0.164. The third kappa shape index (κ3) is 0.986. The molecule has 0 saturated heterocycles. The van der Waals surface area contributed by atoms with Crippen molar-refractivity contribution in [2.45, 2.75) is 6.92 Å². The summed E-state index contributed by atoms with van der Waals surface area (Å²) in [6, 6.07) is 0. The Kier molecular flexibility index (Phi) is 1.39. The second-order valence-corrected chi connectivity index (χ2v) is 2.87. The number of nitrogen functional groups attached to an aromatic ring is 2. The lowest BCUT2D eigenvalue weighted by Crippen LogP contribution is -2.02. The quantitative estimate of drug-likeness (QED) is 0.584. The smallest absolute Gasteiger partial charge is 0.222 e. The molecule has 0 aromatic carbocycles. The number of rotatable bonds is 0. The maximum Gasteiger partial charge on any atom is 0.222 e. The summed E-state index contributed by atoms with van der Waals surface area (Å²) in [7, 11) is 1.80. The van der Waals surface area contributed by atoms with Crippen LogP contribution in [0.4, 0.5) is 11.8 Å². The van der Waals surface area contributed by atoms with Gasteiger partial charge in [-0.25, -0.2) is 4.98 Å². The van der Waals surface area contributed by atoms with Crippen LogP contribution in [0.25, 0.3) is 11.0 Å². The molecule has 0 bridgehead atoms. The van der Waals surface area contributed by atoms with Crippen molar-refractivity contribution in [3.05, 3.63) is 5.69 Å². The standard InChI is InChI=1S/C7H10N6/c1-3-4-5(13(2)12-3)6(8)11-7(9)10-4/h1-2H3,(H4,8,9,10,11). The van der Waals surface area contributed by atoms with Gasteiger partial charge in [0.1, 0.15) is 11.0 Å². The van der Waals surface area contributed by atoms with E-state index in [0.29, 0.717) is 11.3 Å². The van der Waals surface area contributed by atoms with Gasteiger partial charge in [-0.15, -0.1) is 0 Å². The van der Waals surface area contributed by atoms with Gasteiger partial charge in [-0.3, -0.25) is 4.68 Å². The van der Waals surface area contributed by atoms with Crippen LogP contribution in [0, 0.1) is 6.92 Å². The van der Waals surface area contributed by atoms with Gasteiger partial charge in [-0.2, -0.15) is 10.1 Å². The molecular weight excluding hydrogens is 168 g/mol. The number of aryl methyl sites for hydroxylation is 2. The third-order valence-corrected chi connectivity index (χ3v) is 1.89. The highest BCUT2D eigenvalue weighted by Gasteiger charge is 2.10. The number of hydrogen-bond acceptors (Lipinski definition) is 5. The highest BCUT2D eigenvalue weighted by atomic mass is 15.3. The number of fused-ring (bicyclic) bond motifs is 1. The lowest BCUT2D eigenvalue weighted by molar-refractivity contribution is 0.783. The maximum atomic E-state index is 5.68. The molecule has 2 aromatic rings. The monoisotopic (exact) mass is 178 g/mol. The highest BCUT2D eigenvalue weighted by Crippen LogP contribution is 2.20. The van der Waals surface area contributed by atoms with Gasteiger partial charge < -0.3 is 11.5 Å². The second-order valence-electron chi connectivity index (χ2n) is 2.87. The van der Waals surface area contributed by atoms with E-state index < -0.39 is 0 Å². The minimum absolute atomic E-state index is 0.182. The van der Waals surface area contributed by atoms with Crippen molar-refractivity contribution in [1.29, 1.82) is 0 Å². The first-order valence-electron chi connectivity index (χ1n) is 3.82. The zero-order valence-corrected chi connectivity index (χ0v) is 7.44. The van der Waals surface area contributed by atoms with Crippen LogP contribution in [-0.4, -0.2) is 19.7 Å².